The van der Waals surface area contributed by atoms with Crippen LogP contribution in [0.15, 0.2) is 0 Å². The third-order valence-electron chi connectivity index (χ3n) is 0. The fraction of sp³-hybridized carbons (Fsp3) is 0. The van der Waals surface area contributed by atoms with Gasteiger partial charge in [-0.25, -0.2) is 0 Å². The van der Waals surface area contributed by atoms with Gasteiger partial charge in [0.15, 0.2) is 17.4 Å². The van der Waals surface area contributed by atoms with Gasteiger partial charge in [-0.1, -0.05) is 0 Å². The smallest absolute Gasteiger partial charge is 1.00 e. The summed E-state index contributed by atoms with van der Waals surface area (Å²) in [6.07, 6.45) is 0. The normalized spacial score (nSPS) is 0. The van der Waals surface area contributed by atoms with E-state index in [0.29, 0.717) is 0 Å². The van der Waals surface area contributed by atoms with E-state index in [0.717, 1.165) is 0 Å². The first kappa shape index (κ1) is 29.7. The first-order chi connectivity index (χ1) is 0. The summed E-state index contributed by atoms with van der Waals surface area (Å²) in [5.74, 6) is 0. The van der Waals surface area contributed by atoms with E-state index in [2.05, 4.69) is 0 Å². The van der Waals surface area contributed by atoms with Gasteiger partial charge in [0, 0.05) is 21.7 Å². The topological polar surface area (TPSA) is 0 Å². The SMILES string of the molecule is [AlH3].[Ca+2].[H-].[H-].[SiH4].[Ti]. The van der Waals surface area contributed by atoms with Crippen molar-refractivity contribution in [3.8, 4) is 0 Å². The van der Waals surface area contributed by atoms with Crippen molar-refractivity contribution < 1.29 is 24.6 Å². The molecule has 0 bridgehead atoms. The first-order valence-electron chi connectivity index (χ1n) is 0. The summed E-state index contributed by atoms with van der Waals surface area (Å²) in [4.78, 5) is 0. The van der Waals surface area contributed by atoms with E-state index in [1.54, 1.807) is 0 Å². The van der Waals surface area contributed by atoms with Crippen molar-refractivity contribution in [2.45, 2.75) is 0 Å². The molecule has 0 amide bonds. The van der Waals surface area contributed by atoms with Crippen LogP contribution in [-0.4, -0.2) is 66.1 Å². The van der Waals surface area contributed by atoms with E-state index < -0.39 is 0 Å². The monoisotopic (exact) mass is 152 g/mol. The summed E-state index contributed by atoms with van der Waals surface area (Å²) in [5, 5.41) is 0. The van der Waals surface area contributed by atoms with Crippen molar-refractivity contribution in [2.24, 2.45) is 0 Å². The Bertz CT molecular complexity index is 13.5. The molecular formula is H9AlCaSiTi. The quantitative estimate of drug-likeness (QED) is 0.329. The van der Waals surface area contributed by atoms with Crippen molar-refractivity contribution in [3.63, 3.8) is 0 Å². The molecule has 0 saturated heterocycles. The van der Waals surface area contributed by atoms with Crippen LogP contribution < -0.4 is 0 Å². The third-order valence-corrected chi connectivity index (χ3v) is 0. The molecule has 0 unspecified atom stereocenters. The van der Waals surface area contributed by atoms with Crippen molar-refractivity contribution in [2.75, 3.05) is 0 Å². The zero-order chi connectivity index (χ0) is 0. The Morgan fingerprint density at radius 1 is 1.25 bits per heavy atom. The van der Waals surface area contributed by atoms with Gasteiger partial charge in [-0.15, -0.1) is 0 Å². The predicted octanol–water partition coefficient (Wildman–Crippen LogP) is -2.79. The zero-order valence-corrected chi connectivity index (χ0v) is 4.98. The first-order valence-corrected chi connectivity index (χ1v) is 0. The van der Waals surface area contributed by atoms with Gasteiger partial charge >= 0.3 is 37.7 Å². The summed E-state index contributed by atoms with van der Waals surface area (Å²) >= 11 is 0. The number of rotatable bonds is 0. The molecule has 0 fully saturated rings. The van der Waals surface area contributed by atoms with E-state index in [4.69, 9.17) is 0 Å². The van der Waals surface area contributed by atoms with Crippen LogP contribution in [0.1, 0.15) is 2.85 Å². The average molecular weight is 152 g/mol. The second-order valence-electron chi connectivity index (χ2n) is 0. The van der Waals surface area contributed by atoms with Gasteiger partial charge in [0.05, 0.1) is 0 Å². The average Bonchev–Trinajstić information content (AvgIpc) is 0. The van der Waals surface area contributed by atoms with Crippen molar-refractivity contribution in [1.29, 1.82) is 0 Å². The maximum Gasteiger partial charge on any atom is 2.00 e. The Labute approximate surface area is 89.1 Å². The molecule has 0 aromatic carbocycles. The van der Waals surface area contributed by atoms with E-state index in [9.17, 15) is 0 Å². The van der Waals surface area contributed by atoms with Gasteiger partial charge in [-0.2, -0.15) is 0 Å². The molecule has 0 N–H and O–H groups in total. The standard InChI is InChI=1S/Al.Ca.H4Si.Ti.5H/h;;1H4;;;;;;/q;+2;;;;;;2*-1. The Balaban J connectivity index is 0. The Kier molecular flexibility index (Phi) is 128. The molecule has 0 nitrogen and oxygen atoms in total. The predicted molar refractivity (Wildman–Crippen MR) is 29.3 cm³/mol. The molecule has 0 aromatic heterocycles. The van der Waals surface area contributed by atoms with Crippen LogP contribution in [0.3, 0.4) is 0 Å². The molecule has 4 heavy (non-hydrogen) atoms. The molecule has 4 heteroatoms. The minimum Gasteiger partial charge on any atom is -1.00 e. The molecule has 0 aliphatic carbocycles. The van der Waals surface area contributed by atoms with E-state index >= 15 is 0 Å². The second kappa shape index (κ2) is 17.2. The molecule has 0 aliphatic heterocycles. The summed E-state index contributed by atoms with van der Waals surface area (Å²) in [5.41, 5.74) is 0. The molecule has 0 atom stereocenters. The maximum atomic E-state index is 0. The van der Waals surface area contributed by atoms with Gasteiger partial charge in [-0.05, 0) is 11.0 Å². The van der Waals surface area contributed by atoms with Crippen LogP contribution in [0, 0.1) is 0 Å². The number of hydrogen-bond acceptors (Lipinski definition) is 0. The summed E-state index contributed by atoms with van der Waals surface area (Å²) in [6.45, 7) is 0. The summed E-state index contributed by atoms with van der Waals surface area (Å²) < 4.78 is 0. The Morgan fingerprint density at radius 2 is 1.25 bits per heavy atom. The minimum atomic E-state index is 0. The fourth-order valence-corrected chi connectivity index (χ4v) is 0. The van der Waals surface area contributed by atoms with Gasteiger partial charge in [0.2, 0.25) is 0 Å². The summed E-state index contributed by atoms with van der Waals surface area (Å²) in [6, 6.07) is 0. The van der Waals surface area contributed by atoms with Gasteiger partial charge in [-0.3, -0.25) is 0 Å². The van der Waals surface area contributed by atoms with Crippen LogP contribution in [0.4, 0.5) is 0 Å². The molecular weight excluding hydrogens is 143 g/mol. The largest absolute Gasteiger partial charge is 2.00 e. The Morgan fingerprint density at radius 3 is 1.25 bits per heavy atom. The van der Waals surface area contributed by atoms with Crippen molar-refractivity contribution in [1.82, 2.24) is 0 Å². The number of hydrogen-bond donors (Lipinski definition) is 0. The Hall–Kier alpha value is 2.72. The van der Waals surface area contributed by atoms with Crippen LogP contribution in [-0.2, 0) is 21.7 Å². The molecule has 0 radical (unpaired) electrons. The molecule has 22 valence electrons. The van der Waals surface area contributed by atoms with Crippen LogP contribution in [0.2, 0.25) is 0 Å². The molecule has 0 aliphatic rings. The van der Waals surface area contributed by atoms with Crippen molar-refractivity contribution >= 4 is 66.1 Å². The molecule has 0 rings (SSSR count). The van der Waals surface area contributed by atoms with Crippen molar-refractivity contribution in [3.05, 3.63) is 0 Å². The fourth-order valence-electron chi connectivity index (χ4n) is 0. The maximum absolute atomic E-state index is 0. The van der Waals surface area contributed by atoms with Gasteiger partial charge < -0.3 is 2.85 Å². The van der Waals surface area contributed by atoms with Gasteiger partial charge in [0.25, 0.3) is 0 Å². The third kappa shape index (κ3) is 8.83. The summed E-state index contributed by atoms with van der Waals surface area (Å²) in [7, 11) is 0. The second-order valence-corrected chi connectivity index (χ2v) is 0. The zero-order valence-electron chi connectivity index (χ0n) is 3.21. The van der Waals surface area contributed by atoms with E-state index in [1.165, 1.54) is 0 Å². The molecule has 0 heterocycles. The van der Waals surface area contributed by atoms with E-state index in [1.807, 2.05) is 0 Å². The van der Waals surface area contributed by atoms with Crippen LogP contribution >= 0.6 is 0 Å². The van der Waals surface area contributed by atoms with Crippen LogP contribution in [0.25, 0.3) is 0 Å². The minimum absolute atomic E-state index is 0. The molecule has 0 spiro atoms. The van der Waals surface area contributed by atoms with Gasteiger partial charge in [0.1, 0.15) is 0 Å². The van der Waals surface area contributed by atoms with Crippen LogP contribution in [0.5, 0.6) is 0 Å². The molecule has 0 aromatic rings. The van der Waals surface area contributed by atoms with E-state index in [-0.39, 0.29) is 90.6 Å². The molecule has 0 saturated carbocycles.